The highest BCUT2D eigenvalue weighted by atomic mass is 35.5. The summed E-state index contributed by atoms with van der Waals surface area (Å²) in [5.74, 6) is -0.409. The van der Waals surface area contributed by atoms with Gasteiger partial charge in [0.15, 0.2) is 5.69 Å². The fourth-order valence-electron chi connectivity index (χ4n) is 2.67. The van der Waals surface area contributed by atoms with Gasteiger partial charge in [-0.25, -0.2) is 18.4 Å². The second kappa shape index (κ2) is 7.38. The third-order valence-electron chi connectivity index (χ3n) is 4.00. The lowest BCUT2D eigenvalue weighted by atomic mass is 10.2. The summed E-state index contributed by atoms with van der Waals surface area (Å²) in [5.41, 5.74) is 0.891. The number of piperazine rings is 1. The molecule has 0 atom stereocenters. The normalized spacial score (nSPS) is 15.2. The summed E-state index contributed by atoms with van der Waals surface area (Å²) in [6, 6.07) is 7.52. The van der Waals surface area contributed by atoms with Crippen LogP contribution in [-0.2, 0) is 9.84 Å². The molecule has 1 aliphatic rings. The number of carbonyl (C=O) groups excluding carboxylic acids is 1. The largest absolute Gasteiger partial charge is 0.368 e. The van der Waals surface area contributed by atoms with Crippen molar-refractivity contribution < 1.29 is 13.2 Å². The molecule has 1 aromatic carbocycles. The number of amides is 1. The molecule has 0 unspecified atom stereocenters. The van der Waals surface area contributed by atoms with Crippen LogP contribution < -0.4 is 4.90 Å². The zero-order valence-electron chi connectivity index (χ0n) is 13.9. The van der Waals surface area contributed by atoms with Crippen LogP contribution in [0.25, 0.3) is 0 Å². The number of aromatic nitrogens is 2. The van der Waals surface area contributed by atoms with Gasteiger partial charge in [-0.05, 0) is 18.2 Å². The number of nitrogens with zero attached hydrogens (tertiary/aromatic N) is 4. The monoisotopic (exact) mass is 414 g/mol. The second-order valence-corrected chi connectivity index (χ2v) is 8.63. The molecular weight excluding hydrogens is 399 g/mol. The predicted molar refractivity (Wildman–Crippen MR) is 99.7 cm³/mol. The van der Waals surface area contributed by atoms with Gasteiger partial charge in [0, 0.05) is 43.1 Å². The smallest absolute Gasteiger partial charge is 0.274 e. The summed E-state index contributed by atoms with van der Waals surface area (Å²) >= 11 is 12.0. The summed E-state index contributed by atoms with van der Waals surface area (Å²) < 4.78 is 23.2. The first-order valence-electron chi connectivity index (χ1n) is 7.78. The molecule has 0 radical (unpaired) electrons. The Morgan fingerprint density at radius 1 is 1.15 bits per heavy atom. The molecule has 1 fully saturated rings. The van der Waals surface area contributed by atoms with Crippen LogP contribution >= 0.6 is 23.2 Å². The highest BCUT2D eigenvalue weighted by Crippen LogP contribution is 2.22. The second-order valence-electron chi connectivity index (χ2n) is 5.88. The number of rotatable bonds is 3. The average molecular weight is 415 g/mol. The van der Waals surface area contributed by atoms with Crippen LogP contribution in [0.5, 0.6) is 0 Å². The molecule has 1 amide bonds. The molecule has 0 bridgehead atoms. The van der Waals surface area contributed by atoms with Crippen LogP contribution in [0, 0.1) is 0 Å². The number of sulfone groups is 1. The maximum absolute atomic E-state index is 12.7. The Hall–Kier alpha value is -1.90. The van der Waals surface area contributed by atoms with Crippen LogP contribution in [0.1, 0.15) is 10.5 Å². The van der Waals surface area contributed by atoms with Gasteiger partial charge < -0.3 is 9.80 Å². The van der Waals surface area contributed by atoms with E-state index >= 15 is 0 Å². The molecule has 0 N–H and O–H groups in total. The Balaban J connectivity index is 1.75. The van der Waals surface area contributed by atoms with Crippen molar-refractivity contribution >= 4 is 44.6 Å². The zero-order valence-corrected chi connectivity index (χ0v) is 16.2. The molecule has 0 aliphatic carbocycles. The van der Waals surface area contributed by atoms with E-state index in [0.29, 0.717) is 31.2 Å². The fourth-order valence-corrected chi connectivity index (χ4v) is 3.53. The van der Waals surface area contributed by atoms with Crippen molar-refractivity contribution in [3.8, 4) is 0 Å². The Labute approximate surface area is 161 Å². The lowest BCUT2D eigenvalue weighted by Crippen LogP contribution is -2.49. The number of benzene rings is 1. The molecule has 3 rings (SSSR count). The van der Waals surface area contributed by atoms with Gasteiger partial charge in [-0.2, -0.15) is 0 Å². The molecule has 1 saturated heterocycles. The average Bonchev–Trinajstić information content (AvgIpc) is 2.61. The van der Waals surface area contributed by atoms with Crippen LogP contribution in [0.3, 0.4) is 0 Å². The summed E-state index contributed by atoms with van der Waals surface area (Å²) in [5, 5.41) is 0.268. The van der Waals surface area contributed by atoms with Crippen molar-refractivity contribution in [2.24, 2.45) is 0 Å². The third-order valence-corrected chi connectivity index (χ3v) is 5.37. The topological polar surface area (TPSA) is 83.5 Å². The van der Waals surface area contributed by atoms with Crippen molar-refractivity contribution in [3.05, 3.63) is 46.2 Å². The Morgan fingerprint density at radius 2 is 1.85 bits per heavy atom. The van der Waals surface area contributed by atoms with Gasteiger partial charge >= 0.3 is 0 Å². The molecule has 0 saturated carbocycles. The van der Waals surface area contributed by atoms with Crippen LogP contribution in [-0.4, -0.2) is 61.6 Å². The lowest BCUT2D eigenvalue weighted by Gasteiger charge is -2.36. The highest BCUT2D eigenvalue weighted by Gasteiger charge is 2.26. The van der Waals surface area contributed by atoms with E-state index in [4.69, 9.17) is 23.2 Å². The molecule has 1 aliphatic heterocycles. The van der Waals surface area contributed by atoms with Gasteiger partial charge in [-0.3, -0.25) is 4.79 Å². The summed E-state index contributed by atoms with van der Waals surface area (Å²) in [6.45, 7) is 2.15. The van der Waals surface area contributed by atoms with E-state index < -0.39 is 20.9 Å². The SMILES string of the molecule is CS(=O)(=O)c1ncc(Cl)c(C(=O)N2CCN(c3cccc(Cl)c3)CC2)n1. The Kier molecular flexibility index (Phi) is 5.36. The van der Waals surface area contributed by atoms with Crippen LogP contribution in [0.15, 0.2) is 35.6 Å². The van der Waals surface area contributed by atoms with E-state index in [0.717, 1.165) is 18.1 Å². The van der Waals surface area contributed by atoms with Crippen molar-refractivity contribution in [3.63, 3.8) is 0 Å². The van der Waals surface area contributed by atoms with Gasteiger partial charge in [0.2, 0.25) is 15.0 Å². The van der Waals surface area contributed by atoms with E-state index in [2.05, 4.69) is 14.9 Å². The first-order chi connectivity index (χ1) is 12.3. The van der Waals surface area contributed by atoms with Gasteiger partial charge in [-0.15, -0.1) is 0 Å². The number of anilines is 1. The van der Waals surface area contributed by atoms with Gasteiger partial charge in [-0.1, -0.05) is 29.3 Å². The number of hydrogen-bond donors (Lipinski definition) is 0. The van der Waals surface area contributed by atoms with Crippen molar-refractivity contribution in [1.29, 1.82) is 0 Å². The van der Waals surface area contributed by atoms with E-state index in [1.807, 2.05) is 18.2 Å². The quantitative estimate of drug-likeness (QED) is 0.715. The summed E-state index contributed by atoms with van der Waals surface area (Å²) in [6.07, 6.45) is 2.12. The minimum atomic E-state index is -3.63. The Bertz CT molecular complexity index is 944. The van der Waals surface area contributed by atoms with Crippen molar-refractivity contribution in [2.45, 2.75) is 5.16 Å². The molecule has 138 valence electrons. The highest BCUT2D eigenvalue weighted by molar-refractivity contribution is 7.90. The molecular formula is C16H16Cl2N4O3S. The number of hydrogen-bond acceptors (Lipinski definition) is 6. The first kappa shape index (κ1) is 18.9. The van der Waals surface area contributed by atoms with E-state index in [1.54, 1.807) is 11.0 Å². The fraction of sp³-hybridized carbons (Fsp3) is 0.312. The molecule has 10 heteroatoms. The third kappa shape index (κ3) is 4.08. The van der Waals surface area contributed by atoms with E-state index in [1.165, 1.54) is 0 Å². The molecule has 2 heterocycles. The summed E-state index contributed by atoms with van der Waals surface area (Å²) in [4.78, 5) is 24.0. The van der Waals surface area contributed by atoms with E-state index in [-0.39, 0.29) is 10.7 Å². The molecule has 2 aromatic rings. The van der Waals surface area contributed by atoms with Crippen LogP contribution in [0.2, 0.25) is 10.0 Å². The maximum Gasteiger partial charge on any atom is 0.274 e. The van der Waals surface area contributed by atoms with Crippen LogP contribution in [0.4, 0.5) is 5.69 Å². The molecule has 0 spiro atoms. The molecule has 1 aromatic heterocycles. The molecule has 26 heavy (non-hydrogen) atoms. The zero-order chi connectivity index (χ0) is 18.9. The number of halogens is 2. The van der Waals surface area contributed by atoms with Gasteiger partial charge in [0.25, 0.3) is 5.91 Å². The molecule has 7 nitrogen and oxygen atoms in total. The minimum absolute atomic E-state index is 0.0275. The maximum atomic E-state index is 12.7. The van der Waals surface area contributed by atoms with Gasteiger partial charge in [0.05, 0.1) is 11.2 Å². The Morgan fingerprint density at radius 3 is 2.46 bits per heavy atom. The first-order valence-corrected chi connectivity index (χ1v) is 10.4. The van der Waals surface area contributed by atoms with Crippen molar-refractivity contribution in [2.75, 3.05) is 37.3 Å². The van der Waals surface area contributed by atoms with Crippen molar-refractivity contribution in [1.82, 2.24) is 14.9 Å². The summed E-state index contributed by atoms with van der Waals surface area (Å²) in [7, 11) is -3.63. The lowest BCUT2D eigenvalue weighted by molar-refractivity contribution is 0.0740. The minimum Gasteiger partial charge on any atom is -0.368 e. The van der Waals surface area contributed by atoms with E-state index in [9.17, 15) is 13.2 Å². The van der Waals surface area contributed by atoms with Gasteiger partial charge in [0.1, 0.15) is 0 Å². The predicted octanol–water partition coefficient (Wildman–Crippen LogP) is 2.15. The number of carbonyl (C=O) groups is 1. The standard InChI is InChI=1S/C16H16Cl2N4O3S/c1-26(24,25)16-19-10-13(18)14(20-16)15(23)22-7-5-21(6-8-22)12-4-2-3-11(17)9-12/h2-4,9-10H,5-8H2,1H3.